The van der Waals surface area contributed by atoms with Crippen molar-refractivity contribution in [2.45, 2.75) is 33.7 Å². The number of benzene rings is 1. The second kappa shape index (κ2) is 9.85. The van der Waals surface area contributed by atoms with Crippen LogP contribution in [0.15, 0.2) is 23.1 Å². The van der Waals surface area contributed by atoms with Crippen molar-refractivity contribution in [3.8, 4) is 0 Å². The summed E-state index contributed by atoms with van der Waals surface area (Å²) in [4.78, 5) is 36.6. The Balaban J connectivity index is 1.65. The van der Waals surface area contributed by atoms with Gasteiger partial charge in [-0.25, -0.2) is 18.6 Å². The highest BCUT2D eigenvalue weighted by molar-refractivity contribution is 5.93. The van der Waals surface area contributed by atoms with Crippen molar-refractivity contribution >= 4 is 34.3 Å². The number of nitrogens with zero attached hydrogens (tertiary/aromatic N) is 5. The van der Waals surface area contributed by atoms with Crippen molar-refractivity contribution in [3.05, 3.63) is 51.4 Å². The number of hydrogen-bond acceptors (Lipinski definition) is 7. The third-order valence-electron chi connectivity index (χ3n) is 6.09. The molecule has 1 fully saturated rings. The summed E-state index contributed by atoms with van der Waals surface area (Å²) < 4.78 is 32.2. The molecule has 0 aliphatic carbocycles. The van der Waals surface area contributed by atoms with Crippen LogP contribution in [0.3, 0.4) is 0 Å². The molecule has 0 radical (unpaired) electrons. The second-order valence-corrected chi connectivity index (χ2v) is 8.47. The van der Waals surface area contributed by atoms with Crippen molar-refractivity contribution in [1.82, 2.24) is 14.5 Å². The summed E-state index contributed by atoms with van der Waals surface area (Å²) in [5.74, 6) is -1.90. The zero-order valence-electron chi connectivity index (χ0n) is 19.9. The van der Waals surface area contributed by atoms with Crippen molar-refractivity contribution in [1.29, 1.82) is 0 Å². The molecule has 2 N–H and O–H groups in total. The molecule has 35 heavy (non-hydrogen) atoms. The number of carbonyl (C=O) groups is 1. The molecule has 0 unspecified atom stereocenters. The Bertz CT molecular complexity index is 1340. The first kappa shape index (κ1) is 24.4. The Kier molecular flexibility index (Phi) is 6.86. The smallest absolute Gasteiger partial charge is 0.341 e. The third-order valence-corrected chi connectivity index (χ3v) is 6.09. The van der Waals surface area contributed by atoms with Crippen LogP contribution in [0.2, 0.25) is 0 Å². The Hall–Kier alpha value is -3.76. The molecule has 3 aromatic rings. The Morgan fingerprint density at radius 2 is 1.80 bits per heavy atom. The number of fused-ring (bicyclic) bond motifs is 1. The van der Waals surface area contributed by atoms with E-state index in [4.69, 9.17) is 0 Å². The summed E-state index contributed by atoms with van der Waals surface area (Å²) in [6.45, 7) is 8.26. The summed E-state index contributed by atoms with van der Waals surface area (Å²) >= 11 is 0. The highest BCUT2D eigenvalue weighted by atomic mass is 19.1. The molecular formula is C24H28F2N6O3. The van der Waals surface area contributed by atoms with E-state index < -0.39 is 28.6 Å². The van der Waals surface area contributed by atoms with Gasteiger partial charge in [0.15, 0.2) is 5.82 Å². The second-order valence-electron chi connectivity index (χ2n) is 8.47. The van der Waals surface area contributed by atoms with Crippen molar-refractivity contribution in [2.24, 2.45) is 0 Å². The Morgan fingerprint density at radius 1 is 1.11 bits per heavy atom. The molecule has 3 heterocycles. The van der Waals surface area contributed by atoms with Gasteiger partial charge in [-0.05, 0) is 26.3 Å². The Morgan fingerprint density at radius 3 is 2.43 bits per heavy atom. The molecule has 0 atom stereocenters. The number of aryl methyl sites for hydroxylation is 2. The van der Waals surface area contributed by atoms with Gasteiger partial charge in [0.25, 0.3) is 0 Å². The highest BCUT2D eigenvalue weighted by Gasteiger charge is 2.27. The van der Waals surface area contributed by atoms with Gasteiger partial charge in [0, 0.05) is 57.2 Å². The van der Waals surface area contributed by atoms with Crippen LogP contribution >= 0.6 is 0 Å². The lowest BCUT2D eigenvalue weighted by Gasteiger charge is -2.37. The lowest BCUT2D eigenvalue weighted by atomic mass is 10.1. The SMILES string of the molecule is CCCNc1nc(C)cc(N2CCN(c3c(F)cc4c(=O)c(C(=O)O)cn(CC)c4c3F)CC2)n1. The minimum Gasteiger partial charge on any atom is -0.477 e. The summed E-state index contributed by atoms with van der Waals surface area (Å²) in [7, 11) is 0. The van der Waals surface area contributed by atoms with Crippen molar-refractivity contribution in [2.75, 3.05) is 47.8 Å². The van der Waals surface area contributed by atoms with Crippen LogP contribution < -0.4 is 20.5 Å². The van der Waals surface area contributed by atoms with Crippen LogP contribution in [0, 0.1) is 18.6 Å². The topological polar surface area (TPSA) is 104 Å². The van der Waals surface area contributed by atoms with Crippen molar-refractivity contribution in [3.63, 3.8) is 0 Å². The highest BCUT2D eigenvalue weighted by Crippen LogP contribution is 2.31. The molecule has 4 rings (SSSR count). The average molecular weight is 487 g/mol. The first-order valence-electron chi connectivity index (χ1n) is 11.6. The van der Waals surface area contributed by atoms with Gasteiger partial charge < -0.3 is 24.8 Å². The normalized spacial score (nSPS) is 14.0. The first-order chi connectivity index (χ1) is 16.7. The molecule has 11 heteroatoms. The monoisotopic (exact) mass is 486 g/mol. The van der Waals surface area contributed by atoms with E-state index in [0.717, 1.165) is 36.7 Å². The van der Waals surface area contributed by atoms with E-state index in [-0.39, 0.29) is 23.1 Å². The number of carboxylic acids is 1. The van der Waals surface area contributed by atoms with Gasteiger partial charge in [-0.3, -0.25) is 4.79 Å². The molecule has 0 bridgehead atoms. The molecule has 1 saturated heterocycles. The minimum absolute atomic E-state index is 0.0978. The maximum atomic E-state index is 15.7. The molecule has 0 amide bonds. The number of carboxylic acid groups (broad SMARTS) is 1. The number of pyridine rings is 1. The van der Waals surface area contributed by atoms with Crippen LogP contribution in [0.5, 0.6) is 0 Å². The molecular weight excluding hydrogens is 458 g/mol. The van der Waals surface area contributed by atoms with Crippen LogP contribution in [0.4, 0.5) is 26.2 Å². The van der Waals surface area contributed by atoms with Gasteiger partial charge in [-0.2, -0.15) is 4.98 Å². The van der Waals surface area contributed by atoms with Gasteiger partial charge in [0.1, 0.15) is 22.9 Å². The molecule has 1 aliphatic heterocycles. The summed E-state index contributed by atoms with van der Waals surface area (Å²) in [5.41, 5.74) is -0.920. The quantitative estimate of drug-likeness (QED) is 0.525. The predicted molar refractivity (Wildman–Crippen MR) is 131 cm³/mol. The number of piperazine rings is 1. The number of halogens is 2. The fourth-order valence-electron chi connectivity index (χ4n) is 4.36. The predicted octanol–water partition coefficient (Wildman–Crippen LogP) is 3.24. The molecule has 1 aliphatic rings. The van der Waals surface area contributed by atoms with Gasteiger partial charge in [0.05, 0.1) is 10.9 Å². The third kappa shape index (κ3) is 4.62. The summed E-state index contributed by atoms with van der Waals surface area (Å²) in [6.07, 6.45) is 2.05. The lowest BCUT2D eigenvalue weighted by molar-refractivity contribution is 0.0694. The standard InChI is InChI=1S/C24H28F2N6O3/c1-4-6-27-24-28-14(3)11-18(29-24)31-7-9-32(10-8-31)21-17(25)12-15-20(19(21)26)30(5-2)13-16(22(15)33)23(34)35/h11-13H,4-10H2,1-3H3,(H,34,35)(H,27,28,29). The number of anilines is 3. The lowest BCUT2D eigenvalue weighted by Crippen LogP contribution is -2.47. The zero-order valence-corrected chi connectivity index (χ0v) is 19.9. The van der Waals surface area contributed by atoms with Crippen LogP contribution in [0.1, 0.15) is 36.3 Å². The Labute approximate surface area is 201 Å². The molecule has 9 nitrogen and oxygen atoms in total. The molecule has 1 aromatic carbocycles. The van der Waals surface area contributed by atoms with E-state index in [1.54, 1.807) is 11.8 Å². The fourth-order valence-corrected chi connectivity index (χ4v) is 4.36. The molecule has 2 aromatic heterocycles. The largest absolute Gasteiger partial charge is 0.477 e. The summed E-state index contributed by atoms with van der Waals surface area (Å²) in [5, 5.41) is 12.2. The van der Waals surface area contributed by atoms with Crippen LogP contribution in [0.25, 0.3) is 10.9 Å². The number of aromatic nitrogens is 3. The molecule has 186 valence electrons. The van der Waals surface area contributed by atoms with Gasteiger partial charge in [-0.15, -0.1) is 0 Å². The van der Waals surface area contributed by atoms with E-state index in [9.17, 15) is 14.7 Å². The number of hydrogen-bond donors (Lipinski definition) is 2. The van der Waals surface area contributed by atoms with Crippen LogP contribution in [-0.4, -0.2) is 58.3 Å². The fraction of sp³-hybridized carbons (Fsp3) is 0.417. The van der Waals surface area contributed by atoms with Crippen molar-refractivity contribution < 1.29 is 18.7 Å². The maximum absolute atomic E-state index is 15.7. The number of rotatable bonds is 7. The van der Waals surface area contributed by atoms with E-state index in [2.05, 4.69) is 22.2 Å². The van der Waals surface area contributed by atoms with E-state index >= 15 is 8.78 Å². The number of nitrogens with one attached hydrogen (secondary N) is 1. The zero-order chi connectivity index (χ0) is 25.3. The van der Waals surface area contributed by atoms with Gasteiger partial charge in [-0.1, -0.05) is 6.92 Å². The van der Waals surface area contributed by atoms with Gasteiger partial charge in [0.2, 0.25) is 11.4 Å². The number of aromatic carboxylic acids is 1. The minimum atomic E-state index is -1.44. The van der Waals surface area contributed by atoms with E-state index in [0.29, 0.717) is 32.1 Å². The van der Waals surface area contributed by atoms with Gasteiger partial charge >= 0.3 is 5.97 Å². The van der Waals surface area contributed by atoms with E-state index in [1.165, 1.54) is 4.57 Å². The van der Waals surface area contributed by atoms with Crippen LogP contribution in [-0.2, 0) is 6.54 Å². The molecule has 0 saturated carbocycles. The summed E-state index contributed by atoms with van der Waals surface area (Å²) in [6, 6.07) is 2.82. The van der Waals surface area contributed by atoms with E-state index in [1.807, 2.05) is 17.9 Å². The average Bonchev–Trinajstić information content (AvgIpc) is 2.83. The first-order valence-corrected chi connectivity index (χ1v) is 11.6. The maximum Gasteiger partial charge on any atom is 0.341 e. The molecule has 0 spiro atoms.